The van der Waals surface area contributed by atoms with Crippen LogP contribution in [0.25, 0.3) is 0 Å². The minimum Gasteiger partial charge on any atom is -0.268 e. The van der Waals surface area contributed by atoms with Crippen molar-refractivity contribution >= 4 is 37.5 Å². The van der Waals surface area contributed by atoms with Gasteiger partial charge in [-0.25, -0.2) is 8.42 Å². The maximum atomic E-state index is 12.4. The largest absolute Gasteiger partial charge is 0.273 e. The van der Waals surface area contributed by atoms with Crippen LogP contribution in [0.4, 0.5) is 5.69 Å². The number of hydrogen-bond acceptors (Lipinski definition) is 3. The lowest BCUT2D eigenvalue weighted by Gasteiger charge is -2.14. The minimum absolute atomic E-state index is 0.0583. The van der Waals surface area contributed by atoms with Gasteiger partial charge in [-0.1, -0.05) is 28.1 Å². The van der Waals surface area contributed by atoms with Gasteiger partial charge >= 0.3 is 0 Å². The smallest absolute Gasteiger partial charge is 0.268 e. The van der Waals surface area contributed by atoms with E-state index in [1.165, 1.54) is 12.1 Å². The summed E-state index contributed by atoms with van der Waals surface area (Å²) in [6.45, 7) is 0. The van der Waals surface area contributed by atoms with E-state index in [9.17, 15) is 13.2 Å². The minimum atomic E-state index is -3.79. The van der Waals surface area contributed by atoms with E-state index in [0.29, 0.717) is 5.69 Å². The fraction of sp³-hybridized carbons (Fsp3) is 0. The van der Waals surface area contributed by atoms with Crippen LogP contribution in [0.1, 0.15) is 10.4 Å². The Morgan fingerprint density at radius 1 is 0.947 bits per heavy atom. The molecule has 4 nitrogen and oxygen atoms in total. The molecule has 0 N–H and O–H groups in total. The number of hydrogen-bond donors (Lipinski definition) is 0. The van der Waals surface area contributed by atoms with E-state index in [4.69, 9.17) is 0 Å². The normalized spacial score (nSPS) is 16.5. The Labute approximate surface area is 118 Å². The molecule has 19 heavy (non-hydrogen) atoms. The highest BCUT2D eigenvalue weighted by Crippen LogP contribution is 2.34. The molecule has 0 atom stereocenters. The lowest BCUT2D eigenvalue weighted by atomic mass is 10.2. The number of carbonyl (C=O) groups is 1. The van der Waals surface area contributed by atoms with Gasteiger partial charge in [0.15, 0.2) is 0 Å². The van der Waals surface area contributed by atoms with Crippen molar-refractivity contribution in [1.29, 1.82) is 0 Å². The molecular weight excluding hydrogens is 330 g/mol. The number of halogens is 1. The zero-order valence-corrected chi connectivity index (χ0v) is 12.0. The number of fused-ring (bicyclic) bond motifs is 1. The summed E-state index contributed by atoms with van der Waals surface area (Å²) in [5.74, 6) is -0.516. The molecule has 0 saturated carbocycles. The van der Waals surface area contributed by atoms with Crippen LogP contribution in [0, 0.1) is 0 Å². The molecule has 3 rings (SSSR count). The quantitative estimate of drug-likeness (QED) is 0.803. The van der Waals surface area contributed by atoms with E-state index in [1.54, 1.807) is 36.4 Å². The Balaban J connectivity index is 2.21. The predicted octanol–water partition coefficient (Wildman–Crippen LogP) is 2.80. The van der Waals surface area contributed by atoms with Gasteiger partial charge in [0.25, 0.3) is 15.9 Å². The predicted molar refractivity (Wildman–Crippen MR) is 74.6 cm³/mol. The van der Waals surface area contributed by atoms with E-state index in [0.717, 1.165) is 8.78 Å². The Morgan fingerprint density at radius 2 is 1.58 bits per heavy atom. The summed E-state index contributed by atoms with van der Waals surface area (Å²) in [5.41, 5.74) is 0.551. The molecule has 2 aromatic rings. The van der Waals surface area contributed by atoms with Crippen molar-refractivity contribution in [2.24, 2.45) is 0 Å². The molecule has 1 aliphatic heterocycles. The third-order valence-corrected chi connectivity index (χ3v) is 5.18. The molecule has 2 aromatic carbocycles. The molecular formula is C13H8BrNO3S. The number of carbonyl (C=O) groups excluding carboxylic acids is 1. The zero-order chi connectivity index (χ0) is 13.6. The maximum absolute atomic E-state index is 12.4. The van der Waals surface area contributed by atoms with Crippen LogP contribution in [0.5, 0.6) is 0 Å². The lowest BCUT2D eigenvalue weighted by Crippen LogP contribution is -2.29. The van der Waals surface area contributed by atoms with Gasteiger partial charge in [0.1, 0.15) is 4.90 Å². The molecule has 1 heterocycles. The van der Waals surface area contributed by atoms with E-state index >= 15 is 0 Å². The molecule has 1 amide bonds. The van der Waals surface area contributed by atoms with Gasteiger partial charge in [0.05, 0.1) is 11.3 Å². The van der Waals surface area contributed by atoms with Crippen LogP contribution in [0.2, 0.25) is 0 Å². The molecule has 1 aliphatic rings. The summed E-state index contributed by atoms with van der Waals surface area (Å²) in [4.78, 5) is 12.3. The van der Waals surface area contributed by atoms with Crippen molar-refractivity contribution in [2.45, 2.75) is 4.90 Å². The maximum Gasteiger partial charge on any atom is 0.273 e. The first-order valence-corrected chi connectivity index (χ1v) is 7.69. The van der Waals surface area contributed by atoms with Gasteiger partial charge in [0, 0.05) is 4.47 Å². The van der Waals surface area contributed by atoms with Crippen molar-refractivity contribution in [3.8, 4) is 0 Å². The molecule has 6 heteroatoms. The summed E-state index contributed by atoms with van der Waals surface area (Å²) >= 11 is 3.27. The van der Waals surface area contributed by atoms with Gasteiger partial charge in [-0.2, -0.15) is 4.31 Å². The first-order chi connectivity index (χ1) is 9.01. The SMILES string of the molecule is O=C1c2ccccc2S(=O)(=O)N1c1ccc(Br)cc1. The Hall–Kier alpha value is -1.66. The van der Waals surface area contributed by atoms with E-state index < -0.39 is 15.9 Å². The molecule has 0 aliphatic carbocycles. The molecule has 0 bridgehead atoms. The topological polar surface area (TPSA) is 54.5 Å². The van der Waals surface area contributed by atoms with Gasteiger partial charge in [-0.05, 0) is 36.4 Å². The lowest BCUT2D eigenvalue weighted by molar-refractivity contribution is 0.101. The number of anilines is 1. The molecule has 96 valence electrons. The van der Waals surface area contributed by atoms with Crippen LogP contribution < -0.4 is 4.31 Å². The Bertz CT molecular complexity index is 769. The van der Waals surface area contributed by atoms with Crippen LogP contribution in [0.3, 0.4) is 0 Å². The third kappa shape index (κ3) is 1.79. The van der Waals surface area contributed by atoms with Crippen LogP contribution in [-0.4, -0.2) is 14.3 Å². The highest BCUT2D eigenvalue weighted by molar-refractivity contribution is 9.10. The molecule has 0 unspecified atom stereocenters. The first-order valence-electron chi connectivity index (χ1n) is 5.46. The van der Waals surface area contributed by atoms with Gasteiger partial charge in [0.2, 0.25) is 0 Å². The van der Waals surface area contributed by atoms with Gasteiger partial charge in [-0.3, -0.25) is 4.79 Å². The average Bonchev–Trinajstić information content (AvgIpc) is 2.60. The van der Waals surface area contributed by atoms with Crippen LogP contribution >= 0.6 is 15.9 Å². The van der Waals surface area contributed by atoms with E-state index in [1.807, 2.05) is 0 Å². The molecule has 0 aromatic heterocycles. The summed E-state index contributed by atoms with van der Waals surface area (Å²) in [5, 5.41) is 0. The Kier molecular flexibility index (Phi) is 2.72. The molecule has 0 saturated heterocycles. The zero-order valence-electron chi connectivity index (χ0n) is 9.58. The Morgan fingerprint density at radius 3 is 2.21 bits per heavy atom. The second-order valence-corrected chi connectivity index (χ2v) is 6.72. The standard InChI is InChI=1S/C13H8BrNO3S/c14-9-5-7-10(8-6-9)15-13(16)11-3-1-2-4-12(11)19(15,17)18/h1-8H. The summed E-state index contributed by atoms with van der Waals surface area (Å²) in [6, 6.07) is 12.8. The molecule has 0 radical (unpaired) electrons. The summed E-state index contributed by atoms with van der Waals surface area (Å²) < 4.78 is 26.4. The van der Waals surface area contributed by atoms with Crippen LogP contribution in [0.15, 0.2) is 57.9 Å². The van der Waals surface area contributed by atoms with Crippen LogP contribution in [-0.2, 0) is 10.0 Å². The van der Waals surface area contributed by atoms with Gasteiger partial charge in [-0.15, -0.1) is 0 Å². The van der Waals surface area contributed by atoms with E-state index in [2.05, 4.69) is 15.9 Å². The summed E-state index contributed by atoms with van der Waals surface area (Å²) in [6.07, 6.45) is 0. The fourth-order valence-corrected chi connectivity index (χ4v) is 3.88. The van der Waals surface area contributed by atoms with Gasteiger partial charge < -0.3 is 0 Å². The molecule has 0 fully saturated rings. The van der Waals surface area contributed by atoms with Crippen molar-refractivity contribution in [3.05, 3.63) is 58.6 Å². The second-order valence-electron chi connectivity index (χ2n) is 4.05. The average molecular weight is 338 g/mol. The number of sulfonamides is 1. The highest BCUT2D eigenvalue weighted by atomic mass is 79.9. The van der Waals surface area contributed by atoms with Crippen molar-refractivity contribution < 1.29 is 13.2 Å². The van der Waals surface area contributed by atoms with Crippen molar-refractivity contribution in [1.82, 2.24) is 0 Å². The monoisotopic (exact) mass is 337 g/mol. The third-order valence-electron chi connectivity index (χ3n) is 2.88. The van der Waals surface area contributed by atoms with Crippen molar-refractivity contribution in [2.75, 3.05) is 4.31 Å². The number of benzene rings is 2. The highest BCUT2D eigenvalue weighted by Gasteiger charge is 2.41. The number of rotatable bonds is 1. The fourth-order valence-electron chi connectivity index (χ4n) is 2.02. The van der Waals surface area contributed by atoms with Crippen molar-refractivity contribution in [3.63, 3.8) is 0 Å². The number of amides is 1. The second kappa shape index (κ2) is 4.18. The molecule has 0 spiro atoms. The number of nitrogens with zero attached hydrogens (tertiary/aromatic N) is 1. The summed E-state index contributed by atoms with van der Waals surface area (Å²) in [7, 11) is -3.79. The van der Waals surface area contributed by atoms with E-state index in [-0.39, 0.29) is 10.5 Å². The first kappa shape index (κ1) is 12.4.